The van der Waals surface area contributed by atoms with Gasteiger partial charge in [-0.1, -0.05) is 43.8 Å². The molecule has 176 valence electrons. The maximum absolute atomic E-state index is 5.53. The van der Waals surface area contributed by atoms with E-state index in [-0.39, 0.29) is 0 Å². The highest BCUT2D eigenvalue weighted by molar-refractivity contribution is 7.80. The van der Waals surface area contributed by atoms with E-state index < -0.39 is 0 Å². The van der Waals surface area contributed by atoms with E-state index >= 15 is 0 Å². The fraction of sp³-hybridized carbons (Fsp3) is 0.286. The van der Waals surface area contributed by atoms with Gasteiger partial charge in [0.1, 0.15) is 5.84 Å². The van der Waals surface area contributed by atoms with E-state index in [0.29, 0.717) is 11.0 Å². The first-order chi connectivity index (χ1) is 16.6. The molecule has 0 spiro atoms. The summed E-state index contributed by atoms with van der Waals surface area (Å²) in [6.07, 6.45) is 7.30. The normalized spacial score (nSPS) is 20.1. The van der Waals surface area contributed by atoms with Crippen molar-refractivity contribution in [2.75, 3.05) is 30.8 Å². The number of nitrogens with one attached hydrogen (secondary N) is 3. The van der Waals surface area contributed by atoms with Crippen LogP contribution in [-0.4, -0.2) is 36.0 Å². The Balaban J connectivity index is 1.51. The summed E-state index contributed by atoms with van der Waals surface area (Å²) >= 11 is 5.53. The lowest BCUT2D eigenvalue weighted by Gasteiger charge is -2.37. The van der Waals surface area contributed by atoms with Crippen molar-refractivity contribution in [2.45, 2.75) is 32.1 Å². The minimum Gasteiger partial charge on any atom is -0.370 e. The van der Waals surface area contributed by atoms with Gasteiger partial charge in [-0.25, -0.2) is 0 Å². The Hall–Kier alpha value is -3.38. The summed E-state index contributed by atoms with van der Waals surface area (Å²) in [7, 11) is 1.83. The molecule has 2 aromatic carbocycles. The molecule has 1 atom stereocenters. The van der Waals surface area contributed by atoms with Crippen molar-refractivity contribution < 1.29 is 0 Å². The van der Waals surface area contributed by atoms with Crippen LogP contribution in [0.5, 0.6) is 0 Å². The van der Waals surface area contributed by atoms with Crippen LogP contribution in [0.3, 0.4) is 0 Å². The van der Waals surface area contributed by atoms with Crippen molar-refractivity contribution in [3.8, 4) is 0 Å². The third-order valence-corrected chi connectivity index (χ3v) is 6.55. The van der Waals surface area contributed by atoms with Gasteiger partial charge in [-0.15, -0.1) is 0 Å². The van der Waals surface area contributed by atoms with Crippen molar-refractivity contribution in [2.24, 2.45) is 4.99 Å². The van der Waals surface area contributed by atoms with Crippen molar-refractivity contribution in [3.05, 3.63) is 95.9 Å². The van der Waals surface area contributed by atoms with Crippen LogP contribution in [0.4, 0.5) is 11.4 Å². The first kappa shape index (κ1) is 23.8. The number of likely N-dealkylation sites (tertiary alicyclic amines) is 1. The predicted molar refractivity (Wildman–Crippen MR) is 148 cm³/mol. The largest absolute Gasteiger partial charge is 0.370 e. The molecule has 1 fully saturated rings. The molecule has 1 saturated heterocycles. The average molecular weight is 472 g/mol. The Morgan fingerprint density at radius 1 is 1.15 bits per heavy atom. The lowest BCUT2D eigenvalue weighted by Crippen LogP contribution is -2.36. The molecule has 2 aliphatic rings. The second-order valence-electron chi connectivity index (χ2n) is 8.63. The number of amidine groups is 1. The zero-order valence-electron chi connectivity index (χ0n) is 20.0. The van der Waals surface area contributed by atoms with E-state index in [4.69, 9.17) is 12.2 Å². The summed E-state index contributed by atoms with van der Waals surface area (Å²) in [6.45, 7) is 8.55. The van der Waals surface area contributed by atoms with Gasteiger partial charge in [0.2, 0.25) is 0 Å². The first-order valence-corrected chi connectivity index (χ1v) is 12.3. The number of piperidine rings is 1. The molecule has 2 aromatic rings. The Labute approximate surface area is 208 Å². The number of thiocarbonyl (C=S) groups is 1. The second-order valence-corrected chi connectivity index (χ2v) is 9.03. The summed E-state index contributed by atoms with van der Waals surface area (Å²) < 4.78 is 0. The van der Waals surface area contributed by atoms with Crippen molar-refractivity contribution >= 4 is 34.5 Å². The van der Waals surface area contributed by atoms with Crippen LogP contribution in [0.2, 0.25) is 0 Å². The van der Waals surface area contributed by atoms with E-state index in [0.717, 1.165) is 60.7 Å². The summed E-state index contributed by atoms with van der Waals surface area (Å²) in [6, 6.07) is 18.6. The van der Waals surface area contributed by atoms with Gasteiger partial charge in [0.15, 0.2) is 5.11 Å². The molecule has 4 rings (SSSR count). The van der Waals surface area contributed by atoms with Crippen LogP contribution in [0.15, 0.2) is 95.3 Å². The van der Waals surface area contributed by atoms with E-state index in [1.807, 2.05) is 43.6 Å². The molecule has 0 bridgehead atoms. The second kappa shape index (κ2) is 11.2. The fourth-order valence-electron chi connectivity index (χ4n) is 4.63. The van der Waals surface area contributed by atoms with Crippen LogP contribution >= 0.6 is 12.2 Å². The molecule has 3 N–H and O–H groups in total. The van der Waals surface area contributed by atoms with Gasteiger partial charge >= 0.3 is 0 Å². The molecule has 0 aromatic heterocycles. The summed E-state index contributed by atoms with van der Waals surface area (Å²) in [5.74, 6) is 1.35. The van der Waals surface area contributed by atoms with Gasteiger partial charge in [0, 0.05) is 49.2 Å². The monoisotopic (exact) mass is 471 g/mol. The quantitative estimate of drug-likeness (QED) is 0.449. The molecule has 2 heterocycles. The van der Waals surface area contributed by atoms with E-state index in [9.17, 15) is 0 Å². The standard InChI is InChI=1S/C28H33N5S/c1-4-20(2)26(25-15-16-30-27(25)29-3)33-17-9-11-22(19-33)21-10-8-14-24(18-21)32-28(34)31-23-12-6-5-7-13-23/h5-8,10,12-16,18,22H,2,4,9,11,17,19H2,1,3H3,(H,29,30)(H2,31,32,34)/b26-25+. The number of allylic oxidation sites excluding steroid dienone is 1. The van der Waals surface area contributed by atoms with Gasteiger partial charge < -0.3 is 20.9 Å². The lowest BCUT2D eigenvalue weighted by molar-refractivity contribution is 0.261. The van der Waals surface area contributed by atoms with E-state index in [1.54, 1.807) is 0 Å². The first-order valence-electron chi connectivity index (χ1n) is 11.9. The third kappa shape index (κ3) is 5.57. The smallest absolute Gasteiger partial charge is 0.175 e. The minimum absolute atomic E-state index is 0.437. The number of para-hydroxylation sites is 1. The SMILES string of the molecule is C=C(CC)/C(=C1/C=CNC1=NC)N1CCCC(c2cccc(NC(=S)Nc3ccccc3)c2)C1. The highest BCUT2D eigenvalue weighted by Crippen LogP contribution is 2.34. The van der Waals surface area contributed by atoms with E-state index in [2.05, 4.69) is 69.7 Å². The average Bonchev–Trinajstić information content (AvgIpc) is 3.33. The molecule has 0 amide bonds. The molecule has 0 saturated carbocycles. The number of rotatable bonds is 6. The van der Waals surface area contributed by atoms with Gasteiger partial charge in [-0.3, -0.25) is 4.99 Å². The molecule has 1 unspecified atom stereocenters. The molecule has 0 radical (unpaired) electrons. The van der Waals surface area contributed by atoms with Gasteiger partial charge in [-0.2, -0.15) is 0 Å². The van der Waals surface area contributed by atoms with Crippen LogP contribution in [-0.2, 0) is 0 Å². The minimum atomic E-state index is 0.437. The molecule has 0 aliphatic carbocycles. The summed E-state index contributed by atoms with van der Waals surface area (Å²) in [5.41, 5.74) is 6.81. The van der Waals surface area contributed by atoms with Gasteiger partial charge in [0.05, 0.1) is 5.70 Å². The molecule has 34 heavy (non-hydrogen) atoms. The Morgan fingerprint density at radius 3 is 2.68 bits per heavy atom. The topological polar surface area (TPSA) is 51.7 Å². The van der Waals surface area contributed by atoms with Crippen molar-refractivity contribution in [1.29, 1.82) is 0 Å². The summed E-state index contributed by atoms with van der Waals surface area (Å²) in [4.78, 5) is 6.94. The van der Waals surface area contributed by atoms with Crippen LogP contribution in [0, 0.1) is 0 Å². The number of nitrogens with zero attached hydrogens (tertiary/aromatic N) is 2. The number of anilines is 2. The highest BCUT2D eigenvalue weighted by atomic mass is 32.1. The van der Waals surface area contributed by atoms with Crippen molar-refractivity contribution in [3.63, 3.8) is 0 Å². The number of hydrogen-bond donors (Lipinski definition) is 3. The number of benzene rings is 2. The third-order valence-electron chi connectivity index (χ3n) is 6.35. The molecule has 6 heteroatoms. The maximum atomic E-state index is 5.53. The lowest BCUT2D eigenvalue weighted by atomic mass is 9.89. The zero-order chi connectivity index (χ0) is 23.9. The highest BCUT2D eigenvalue weighted by Gasteiger charge is 2.27. The predicted octanol–water partition coefficient (Wildman–Crippen LogP) is 6.04. The Kier molecular flexibility index (Phi) is 7.80. The number of aliphatic imine (C=N–C) groups is 1. The fourth-order valence-corrected chi connectivity index (χ4v) is 4.86. The molecule has 2 aliphatic heterocycles. The zero-order valence-corrected chi connectivity index (χ0v) is 20.8. The van der Waals surface area contributed by atoms with Crippen LogP contribution in [0.1, 0.15) is 37.7 Å². The Bertz CT molecular complexity index is 1130. The molecular weight excluding hydrogens is 438 g/mol. The molecule has 5 nitrogen and oxygen atoms in total. The number of hydrogen-bond acceptors (Lipinski definition) is 3. The van der Waals surface area contributed by atoms with Crippen LogP contribution in [0.25, 0.3) is 0 Å². The van der Waals surface area contributed by atoms with Gasteiger partial charge in [-0.05, 0) is 73.0 Å². The van der Waals surface area contributed by atoms with Crippen LogP contribution < -0.4 is 16.0 Å². The maximum Gasteiger partial charge on any atom is 0.175 e. The Morgan fingerprint density at radius 2 is 1.91 bits per heavy atom. The van der Waals surface area contributed by atoms with Gasteiger partial charge in [0.25, 0.3) is 0 Å². The van der Waals surface area contributed by atoms with Crippen molar-refractivity contribution in [1.82, 2.24) is 10.2 Å². The molecular formula is C28H33N5S. The summed E-state index contributed by atoms with van der Waals surface area (Å²) in [5, 5.41) is 10.4. The van der Waals surface area contributed by atoms with E-state index in [1.165, 1.54) is 11.3 Å².